The van der Waals surface area contributed by atoms with Crippen LogP contribution in [0.3, 0.4) is 0 Å². The highest BCUT2D eigenvalue weighted by atomic mass is 15.1. The Morgan fingerprint density at radius 2 is 1.85 bits per heavy atom. The molecule has 3 heteroatoms. The highest BCUT2D eigenvalue weighted by Crippen LogP contribution is 2.21. The number of benzene rings is 2. The van der Waals surface area contributed by atoms with Gasteiger partial charge in [-0.1, -0.05) is 36.8 Å². The van der Waals surface area contributed by atoms with E-state index < -0.39 is 0 Å². The van der Waals surface area contributed by atoms with E-state index in [0.29, 0.717) is 0 Å². The van der Waals surface area contributed by atoms with Crippen molar-refractivity contribution in [2.24, 2.45) is 0 Å². The van der Waals surface area contributed by atoms with E-state index in [1.807, 2.05) is 12.1 Å². The van der Waals surface area contributed by atoms with Gasteiger partial charge in [0.2, 0.25) is 0 Å². The standard InChI is InChI=1S/C17H19N3/c1-3-17-19-15-10-14(18)8-9-16(15)20(17)11-13-6-4-12(2)5-7-13/h4-10H,3,11,18H2,1-2H3. The van der Waals surface area contributed by atoms with Crippen molar-refractivity contribution in [2.45, 2.75) is 26.8 Å². The number of fused-ring (bicyclic) bond motifs is 1. The van der Waals surface area contributed by atoms with Crippen LogP contribution in [0.5, 0.6) is 0 Å². The number of rotatable bonds is 3. The molecule has 0 aliphatic heterocycles. The van der Waals surface area contributed by atoms with Crippen molar-refractivity contribution in [2.75, 3.05) is 5.73 Å². The quantitative estimate of drug-likeness (QED) is 0.736. The summed E-state index contributed by atoms with van der Waals surface area (Å²) in [6, 6.07) is 14.6. The zero-order valence-corrected chi connectivity index (χ0v) is 11.9. The van der Waals surface area contributed by atoms with E-state index in [-0.39, 0.29) is 0 Å². The van der Waals surface area contributed by atoms with Gasteiger partial charge in [-0.3, -0.25) is 0 Å². The molecule has 0 amide bonds. The third-order valence-corrected chi connectivity index (χ3v) is 3.63. The Morgan fingerprint density at radius 1 is 1.10 bits per heavy atom. The van der Waals surface area contributed by atoms with Crippen molar-refractivity contribution >= 4 is 16.7 Å². The van der Waals surface area contributed by atoms with E-state index >= 15 is 0 Å². The number of hydrogen-bond acceptors (Lipinski definition) is 2. The Balaban J connectivity index is 2.07. The zero-order chi connectivity index (χ0) is 14.1. The van der Waals surface area contributed by atoms with E-state index in [4.69, 9.17) is 5.73 Å². The predicted octanol–water partition coefficient (Wildman–Crippen LogP) is 3.54. The largest absolute Gasteiger partial charge is 0.399 e. The van der Waals surface area contributed by atoms with Crippen molar-refractivity contribution in [3.05, 3.63) is 59.4 Å². The third-order valence-electron chi connectivity index (χ3n) is 3.63. The van der Waals surface area contributed by atoms with Crippen LogP contribution in [0.25, 0.3) is 11.0 Å². The van der Waals surface area contributed by atoms with Crippen LogP contribution in [0, 0.1) is 6.92 Å². The first kappa shape index (κ1) is 12.7. The maximum Gasteiger partial charge on any atom is 0.109 e. The molecule has 0 unspecified atom stereocenters. The smallest absolute Gasteiger partial charge is 0.109 e. The van der Waals surface area contributed by atoms with Crippen LogP contribution in [0.4, 0.5) is 5.69 Å². The number of aryl methyl sites for hydroxylation is 2. The highest BCUT2D eigenvalue weighted by molar-refractivity contribution is 5.79. The molecule has 3 nitrogen and oxygen atoms in total. The molecule has 1 heterocycles. The van der Waals surface area contributed by atoms with Gasteiger partial charge in [0.15, 0.2) is 0 Å². The first-order valence-electron chi connectivity index (χ1n) is 6.97. The number of nitrogens with two attached hydrogens (primary N) is 1. The summed E-state index contributed by atoms with van der Waals surface area (Å²) in [6.45, 7) is 5.09. The van der Waals surface area contributed by atoms with Crippen molar-refractivity contribution in [3.63, 3.8) is 0 Å². The van der Waals surface area contributed by atoms with Gasteiger partial charge in [-0.15, -0.1) is 0 Å². The lowest BCUT2D eigenvalue weighted by Gasteiger charge is -2.08. The maximum absolute atomic E-state index is 5.84. The molecule has 0 atom stereocenters. The molecule has 20 heavy (non-hydrogen) atoms. The van der Waals surface area contributed by atoms with Crippen molar-refractivity contribution in [1.29, 1.82) is 0 Å². The first-order chi connectivity index (χ1) is 9.67. The van der Waals surface area contributed by atoms with Gasteiger partial charge in [-0.25, -0.2) is 4.98 Å². The lowest BCUT2D eigenvalue weighted by molar-refractivity contribution is 0.753. The summed E-state index contributed by atoms with van der Waals surface area (Å²) in [6.07, 6.45) is 0.917. The van der Waals surface area contributed by atoms with Crippen LogP contribution in [-0.4, -0.2) is 9.55 Å². The lowest BCUT2D eigenvalue weighted by atomic mass is 10.1. The molecule has 0 radical (unpaired) electrons. The number of imidazole rings is 1. The van der Waals surface area contributed by atoms with Crippen LogP contribution in [0.1, 0.15) is 23.9 Å². The monoisotopic (exact) mass is 265 g/mol. The normalized spacial score (nSPS) is 11.1. The Labute approximate surface area is 119 Å². The fourth-order valence-electron chi connectivity index (χ4n) is 2.52. The minimum atomic E-state index is 0.764. The molecule has 0 aliphatic rings. The number of hydrogen-bond donors (Lipinski definition) is 1. The van der Waals surface area contributed by atoms with Crippen LogP contribution < -0.4 is 5.73 Å². The summed E-state index contributed by atoms with van der Waals surface area (Å²) < 4.78 is 2.28. The van der Waals surface area contributed by atoms with Crippen molar-refractivity contribution in [1.82, 2.24) is 9.55 Å². The molecule has 2 N–H and O–H groups in total. The molecule has 0 saturated heterocycles. The predicted molar refractivity (Wildman–Crippen MR) is 83.8 cm³/mol. The molecule has 3 rings (SSSR count). The fraction of sp³-hybridized carbons (Fsp3) is 0.235. The van der Waals surface area contributed by atoms with E-state index in [9.17, 15) is 0 Å². The van der Waals surface area contributed by atoms with Crippen LogP contribution >= 0.6 is 0 Å². The van der Waals surface area contributed by atoms with Gasteiger partial charge in [-0.2, -0.15) is 0 Å². The molecule has 3 aromatic rings. The van der Waals surface area contributed by atoms with Gasteiger partial charge >= 0.3 is 0 Å². The van der Waals surface area contributed by atoms with E-state index in [1.165, 1.54) is 11.1 Å². The van der Waals surface area contributed by atoms with Crippen molar-refractivity contribution in [3.8, 4) is 0 Å². The average Bonchev–Trinajstić information content (AvgIpc) is 2.78. The molecule has 0 aliphatic carbocycles. The molecular formula is C17H19N3. The average molecular weight is 265 g/mol. The zero-order valence-electron chi connectivity index (χ0n) is 11.9. The second kappa shape index (κ2) is 5.00. The Bertz CT molecular complexity index is 739. The molecule has 2 aromatic carbocycles. The van der Waals surface area contributed by atoms with Gasteiger partial charge in [0.05, 0.1) is 11.0 Å². The Morgan fingerprint density at radius 3 is 2.55 bits per heavy atom. The molecule has 0 fully saturated rings. The molecule has 0 bridgehead atoms. The van der Waals surface area contributed by atoms with Gasteiger partial charge in [0.25, 0.3) is 0 Å². The molecule has 1 aromatic heterocycles. The SMILES string of the molecule is CCc1nc2cc(N)ccc2n1Cc1ccc(C)cc1. The summed E-state index contributed by atoms with van der Waals surface area (Å²) in [7, 11) is 0. The van der Waals surface area contributed by atoms with Gasteiger partial charge < -0.3 is 10.3 Å². The minimum absolute atomic E-state index is 0.764. The topological polar surface area (TPSA) is 43.8 Å². The Kier molecular flexibility index (Phi) is 3.18. The summed E-state index contributed by atoms with van der Waals surface area (Å²) in [5.41, 5.74) is 11.3. The second-order valence-corrected chi connectivity index (χ2v) is 5.20. The summed E-state index contributed by atoms with van der Waals surface area (Å²) in [5.74, 6) is 1.10. The number of nitrogen functional groups attached to an aromatic ring is 1. The molecule has 102 valence electrons. The van der Waals surface area contributed by atoms with Gasteiger partial charge in [0, 0.05) is 18.7 Å². The summed E-state index contributed by atoms with van der Waals surface area (Å²) >= 11 is 0. The number of anilines is 1. The van der Waals surface area contributed by atoms with E-state index in [0.717, 1.165) is 35.5 Å². The van der Waals surface area contributed by atoms with Gasteiger partial charge in [-0.05, 0) is 30.7 Å². The van der Waals surface area contributed by atoms with Crippen LogP contribution in [-0.2, 0) is 13.0 Å². The summed E-state index contributed by atoms with van der Waals surface area (Å²) in [4.78, 5) is 4.69. The fourth-order valence-corrected chi connectivity index (χ4v) is 2.52. The van der Waals surface area contributed by atoms with Crippen LogP contribution in [0.15, 0.2) is 42.5 Å². The third kappa shape index (κ3) is 2.27. The maximum atomic E-state index is 5.84. The van der Waals surface area contributed by atoms with Gasteiger partial charge in [0.1, 0.15) is 5.82 Å². The highest BCUT2D eigenvalue weighted by Gasteiger charge is 2.09. The van der Waals surface area contributed by atoms with Crippen LogP contribution in [0.2, 0.25) is 0 Å². The van der Waals surface area contributed by atoms with Crippen molar-refractivity contribution < 1.29 is 0 Å². The molecule has 0 spiro atoms. The number of nitrogens with zero attached hydrogens (tertiary/aromatic N) is 2. The second-order valence-electron chi connectivity index (χ2n) is 5.20. The Hall–Kier alpha value is -2.29. The van der Waals surface area contributed by atoms with E-state index in [1.54, 1.807) is 0 Å². The lowest BCUT2D eigenvalue weighted by Crippen LogP contribution is -2.04. The summed E-state index contributed by atoms with van der Waals surface area (Å²) in [5, 5.41) is 0. The molecular weight excluding hydrogens is 246 g/mol. The van der Waals surface area contributed by atoms with E-state index in [2.05, 4.69) is 53.7 Å². The molecule has 0 saturated carbocycles. The number of aromatic nitrogens is 2. The minimum Gasteiger partial charge on any atom is -0.399 e. The first-order valence-corrected chi connectivity index (χ1v) is 6.97.